The minimum absolute atomic E-state index is 0.296. The van der Waals surface area contributed by atoms with Crippen LogP contribution in [-0.4, -0.2) is 46.2 Å². The van der Waals surface area contributed by atoms with E-state index < -0.39 is 23.8 Å². The minimum atomic E-state index is -1.03. The first-order chi connectivity index (χ1) is 16.9. The second-order valence-electron chi connectivity index (χ2n) is 8.29. The number of Topliss-reactive ketones (excluding diaryl/α,β-unsaturated/α-hetero) is 1. The molecule has 0 spiro atoms. The highest BCUT2D eigenvalue weighted by molar-refractivity contribution is 7.10. The number of esters is 2. The summed E-state index contributed by atoms with van der Waals surface area (Å²) in [5, 5.41) is 5.18. The number of methoxy groups -OCH3 is 4. The first kappa shape index (κ1) is 24.5. The maximum atomic E-state index is 14.1. The number of rotatable bonds is 6. The van der Waals surface area contributed by atoms with E-state index in [9.17, 15) is 14.4 Å². The van der Waals surface area contributed by atoms with E-state index in [1.165, 1.54) is 39.8 Å². The quantitative estimate of drug-likeness (QED) is 0.476. The summed E-state index contributed by atoms with van der Waals surface area (Å²) in [7, 11) is 5.62. The number of benzene rings is 1. The molecule has 8 nitrogen and oxygen atoms in total. The van der Waals surface area contributed by atoms with E-state index in [1.807, 2.05) is 17.5 Å². The van der Waals surface area contributed by atoms with Crippen LogP contribution in [0.15, 0.2) is 58.3 Å². The van der Waals surface area contributed by atoms with Gasteiger partial charge in [-0.1, -0.05) is 12.1 Å². The van der Waals surface area contributed by atoms with E-state index in [0.717, 1.165) is 4.88 Å². The van der Waals surface area contributed by atoms with Crippen LogP contribution in [0.2, 0.25) is 0 Å². The maximum Gasteiger partial charge on any atom is 0.336 e. The molecule has 2 aliphatic rings. The Labute approximate surface area is 207 Å². The Bertz CT molecular complexity index is 1230. The number of carbonyl (C=O) groups excluding carboxylic acids is 3. The van der Waals surface area contributed by atoms with Gasteiger partial charge < -0.3 is 24.3 Å². The lowest BCUT2D eigenvalue weighted by atomic mass is 9.68. The monoisotopic (exact) mass is 497 g/mol. The van der Waals surface area contributed by atoms with E-state index in [1.54, 1.807) is 25.1 Å². The summed E-state index contributed by atoms with van der Waals surface area (Å²) in [5.74, 6) is -2.74. The summed E-state index contributed by atoms with van der Waals surface area (Å²) in [6.45, 7) is 1.78. The predicted octanol–water partition coefficient (Wildman–Crippen LogP) is 3.70. The zero-order valence-electron chi connectivity index (χ0n) is 20.2. The van der Waals surface area contributed by atoms with Gasteiger partial charge in [-0.05, 0) is 42.5 Å². The Morgan fingerprint density at radius 3 is 2.37 bits per heavy atom. The van der Waals surface area contributed by atoms with Gasteiger partial charge in [0, 0.05) is 33.7 Å². The smallest absolute Gasteiger partial charge is 0.336 e. The van der Waals surface area contributed by atoms with E-state index >= 15 is 0 Å². The van der Waals surface area contributed by atoms with Crippen molar-refractivity contribution in [3.63, 3.8) is 0 Å². The fourth-order valence-electron chi connectivity index (χ4n) is 4.95. The van der Waals surface area contributed by atoms with Crippen molar-refractivity contribution < 1.29 is 33.3 Å². The van der Waals surface area contributed by atoms with Crippen molar-refractivity contribution in [1.82, 2.24) is 5.32 Å². The second-order valence-corrected chi connectivity index (χ2v) is 9.27. The summed E-state index contributed by atoms with van der Waals surface area (Å²) in [6.07, 6.45) is 0.414. The Kier molecular flexibility index (Phi) is 6.98. The predicted molar refractivity (Wildman–Crippen MR) is 129 cm³/mol. The molecule has 0 radical (unpaired) electrons. The highest BCUT2D eigenvalue weighted by Gasteiger charge is 2.49. The molecule has 0 saturated heterocycles. The maximum absolute atomic E-state index is 14.1. The highest BCUT2D eigenvalue weighted by atomic mass is 32.1. The molecule has 1 aromatic heterocycles. The number of hydrogen-bond donors (Lipinski definition) is 1. The minimum Gasteiger partial charge on any atom is -0.493 e. The molecule has 0 unspecified atom stereocenters. The largest absolute Gasteiger partial charge is 0.493 e. The number of hydrogen-bond acceptors (Lipinski definition) is 9. The molecule has 0 bridgehead atoms. The molecular weight excluding hydrogens is 470 g/mol. The van der Waals surface area contributed by atoms with Gasteiger partial charge in [0.1, 0.15) is 5.92 Å². The van der Waals surface area contributed by atoms with E-state index in [4.69, 9.17) is 18.9 Å². The normalized spacial score (nSPS) is 21.7. The Morgan fingerprint density at radius 1 is 1.03 bits per heavy atom. The molecule has 0 saturated carbocycles. The summed E-state index contributed by atoms with van der Waals surface area (Å²) in [5.41, 5.74) is 2.56. The Morgan fingerprint density at radius 2 is 1.77 bits per heavy atom. The first-order valence-corrected chi connectivity index (χ1v) is 11.9. The number of dihydropyridines is 1. The number of ether oxygens (including phenoxy) is 4. The molecule has 0 amide bonds. The van der Waals surface area contributed by atoms with Gasteiger partial charge in [-0.2, -0.15) is 0 Å². The van der Waals surface area contributed by atoms with Crippen LogP contribution in [0.25, 0.3) is 0 Å². The lowest BCUT2D eigenvalue weighted by Gasteiger charge is -2.39. The van der Waals surface area contributed by atoms with Crippen molar-refractivity contribution in [3.8, 4) is 11.5 Å². The van der Waals surface area contributed by atoms with Crippen molar-refractivity contribution in [2.75, 3.05) is 28.4 Å². The van der Waals surface area contributed by atoms with E-state index in [0.29, 0.717) is 46.0 Å². The van der Waals surface area contributed by atoms with Crippen LogP contribution in [0, 0.1) is 5.92 Å². The average Bonchev–Trinajstić information content (AvgIpc) is 3.41. The standard InChI is InChI=1S/C26H27NO7S/c1-13-20(25(29)33-4)21(14-8-9-17(31-2)18(11-14)32-3)23-16(27-13)12-15(19-7-6-10-35-19)22(24(23)28)26(30)34-5/h6-11,15,21-22,27H,12H2,1-5H3/t15-,21-,22+/m1/s1. The fourth-order valence-corrected chi connectivity index (χ4v) is 5.81. The molecule has 3 atom stereocenters. The van der Waals surface area contributed by atoms with Gasteiger partial charge in [0.05, 0.1) is 34.0 Å². The van der Waals surface area contributed by atoms with Gasteiger partial charge in [-0.25, -0.2) is 4.79 Å². The molecule has 1 N–H and O–H groups in total. The van der Waals surface area contributed by atoms with Crippen LogP contribution in [-0.2, 0) is 23.9 Å². The summed E-state index contributed by atoms with van der Waals surface area (Å²) >= 11 is 1.49. The van der Waals surface area contributed by atoms with Crippen LogP contribution in [0.4, 0.5) is 0 Å². The van der Waals surface area contributed by atoms with Crippen molar-refractivity contribution >= 4 is 29.1 Å². The van der Waals surface area contributed by atoms with Gasteiger partial charge in [0.2, 0.25) is 0 Å². The molecule has 35 heavy (non-hydrogen) atoms. The van der Waals surface area contributed by atoms with Crippen molar-refractivity contribution in [3.05, 3.63) is 68.7 Å². The van der Waals surface area contributed by atoms with E-state index in [-0.39, 0.29) is 11.7 Å². The number of nitrogens with one attached hydrogen (secondary N) is 1. The van der Waals surface area contributed by atoms with Gasteiger partial charge in [-0.15, -0.1) is 11.3 Å². The molecule has 1 aromatic carbocycles. The van der Waals surface area contributed by atoms with Crippen LogP contribution in [0.5, 0.6) is 11.5 Å². The third kappa shape index (κ3) is 4.20. The van der Waals surface area contributed by atoms with Crippen molar-refractivity contribution in [2.45, 2.75) is 25.2 Å². The Hall–Kier alpha value is -3.59. The Balaban J connectivity index is 1.93. The zero-order valence-corrected chi connectivity index (χ0v) is 21.0. The summed E-state index contributed by atoms with van der Waals surface area (Å²) in [4.78, 5) is 40.8. The van der Waals surface area contributed by atoms with Gasteiger partial charge in [0.15, 0.2) is 17.3 Å². The molecule has 4 rings (SSSR count). The van der Waals surface area contributed by atoms with Crippen LogP contribution in [0.3, 0.4) is 0 Å². The number of carbonyl (C=O) groups is 3. The molecule has 1 aliphatic carbocycles. The number of ketones is 1. The fraction of sp³-hybridized carbons (Fsp3) is 0.346. The summed E-state index contributed by atoms with van der Waals surface area (Å²) in [6, 6.07) is 9.05. The van der Waals surface area contributed by atoms with Crippen LogP contribution in [0.1, 0.15) is 35.6 Å². The molecular formula is C26H27NO7S. The van der Waals surface area contributed by atoms with Crippen molar-refractivity contribution in [2.24, 2.45) is 5.92 Å². The van der Waals surface area contributed by atoms with Crippen LogP contribution >= 0.6 is 11.3 Å². The molecule has 2 aromatic rings. The van der Waals surface area contributed by atoms with Gasteiger partial charge >= 0.3 is 11.9 Å². The average molecular weight is 498 g/mol. The topological polar surface area (TPSA) is 100 Å². The molecule has 2 heterocycles. The SMILES string of the molecule is COC(=O)C1=C(C)NC2=C(C(=O)[C@@H](C(=O)OC)[C@@H](c3cccs3)C2)[C@@H]1c1ccc(OC)c(OC)c1. The molecule has 184 valence electrons. The first-order valence-electron chi connectivity index (χ1n) is 11.0. The van der Waals surface area contributed by atoms with Crippen molar-refractivity contribution in [1.29, 1.82) is 0 Å². The van der Waals surface area contributed by atoms with E-state index in [2.05, 4.69) is 5.32 Å². The van der Waals surface area contributed by atoms with Gasteiger partial charge in [-0.3, -0.25) is 9.59 Å². The molecule has 9 heteroatoms. The molecule has 0 fully saturated rings. The lowest BCUT2D eigenvalue weighted by Crippen LogP contribution is -2.43. The third-order valence-corrected chi connectivity index (χ3v) is 7.53. The van der Waals surface area contributed by atoms with Crippen LogP contribution < -0.4 is 14.8 Å². The molecule has 1 aliphatic heterocycles. The number of thiophene rings is 1. The second kappa shape index (κ2) is 9.95. The summed E-state index contributed by atoms with van der Waals surface area (Å²) < 4.78 is 21.0. The highest BCUT2D eigenvalue weighted by Crippen LogP contribution is 2.49. The number of allylic oxidation sites excluding steroid dienone is 3. The lowest BCUT2D eigenvalue weighted by molar-refractivity contribution is -0.149. The van der Waals surface area contributed by atoms with Gasteiger partial charge in [0.25, 0.3) is 0 Å². The zero-order chi connectivity index (χ0) is 25.3. The third-order valence-electron chi connectivity index (χ3n) is 6.53.